The van der Waals surface area contributed by atoms with Crippen molar-refractivity contribution in [3.63, 3.8) is 0 Å². The Labute approximate surface area is 115 Å². The number of ether oxygens (including phenoxy) is 1. The van der Waals surface area contributed by atoms with Gasteiger partial charge in [-0.2, -0.15) is 0 Å². The van der Waals surface area contributed by atoms with E-state index in [0.717, 1.165) is 12.3 Å². The molecule has 0 atom stereocenters. The zero-order chi connectivity index (χ0) is 13.5. The molecule has 0 spiro atoms. The number of nitrogens with one attached hydrogen (secondary N) is 1. The van der Waals surface area contributed by atoms with Crippen LogP contribution >= 0.6 is 0 Å². The van der Waals surface area contributed by atoms with Crippen molar-refractivity contribution in [2.45, 2.75) is 32.1 Å². The number of aryl methyl sites for hydroxylation is 1. The molecule has 0 aliphatic carbocycles. The molecule has 1 aliphatic heterocycles. The fourth-order valence-corrected chi connectivity index (χ4v) is 2.69. The van der Waals surface area contributed by atoms with Gasteiger partial charge in [-0.25, -0.2) is 4.79 Å². The van der Waals surface area contributed by atoms with Gasteiger partial charge in [0.15, 0.2) is 0 Å². The van der Waals surface area contributed by atoms with Crippen molar-refractivity contribution in [2.75, 3.05) is 20.2 Å². The van der Waals surface area contributed by atoms with Crippen molar-refractivity contribution in [3.05, 3.63) is 35.4 Å². The topological polar surface area (TPSA) is 38.3 Å². The lowest BCUT2D eigenvalue weighted by molar-refractivity contribution is 0.0600. The summed E-state index contributed by atoms with van der Waals surface area (Å²) in [4.78, 5) is 11.3. The van der Waals surface area contributed by atoms with Crippen molar-refractivity contribution in [1.29, 1.82) is 0 Å². The number of piperidine rings is 1. The molecular weight excluding hydrogens is 238 g/mol. The van der Waals surface area contributed by atoms with E-state index in [1.165, 1.54) is 51.4 Å². The van der Waals surface area contributed by atoms with Crippen molar-refractivity contribution < 1.29 is 9.53 Å². The number of carbonyl (C=O) groups excluding carboxylic acids is 1. The summed E-state index contributed by atoms with van der Waals surface area (Å²) in [5.41, 5.74) is 1.94. The Morgan fingerprint density at radius 2 is 1.95 bits per heavy atom. The standard InChI is InChI=1S/C16H23NO2/c1-19-16(18)15-7-5-13(6-8-15)3-2-4-14-9-11-17-12-10-14/h5-8,14,17H,2-4,9-12H2,1H3. The molecule has 1 N–H and O–H groups in total. The summed E-state index contributed by atoms with van der Waals surface area (Å²) in [6.07, 6.45) is 6.30. The van der Waals surface area contributed by atoms with Gasteiger partial charge in [0.2, 0.25) is 0 Å². The minimum absolute atomic E-state index is 0.263. The maximum absolute atomic E-state index is 11.3. The molecule has 1 saturated heterocycles. The zero-order valence-corrected chi connectivity index (χ0v) is 11.7. The van der Waals surface area contributed by atoms with Crippen LogP contribution in [0.1, 0.15) is 41.6 Å². The molecule has 2 rings (SSSR count). The van der Waals surface area contributed by atoms with E-state index >= 15 is 0 Å². The molecule has 3 heteroatoms. The molecular formula is C16H23NO2. The fourth-order valence-electron chi connectivity index (χ4n) is 2.69. The molecule has 0 amide bonds. The molecule has 0 aromatic heterocycles. The Bertz CT molecular complexity index is 394. The lowest BCUT2D eigenvalue weighted by atomic mass is 9.91. The lowest BCUT2D eigenvalue weighted by Gasteiger charge is -2.22. The minimum Gasteiger partial charge on any atom is -0.465 e. The van der Waals surface area contributed by atoms with E-state index in [2.05, 4.69) is 5.32 Å². The Balaban J connectivity index is 1.75. The highest BCUT2D eigenvalue weighted by atomic mass is 16.5. The SMILES string of the molecule is COC(=O)c1ccc(CCCC2CCNCC2)cc1. The first-order valence-electron chi connectivity index (χ1n) is 7.17. The highest BCUT2D eigenvalue weighted by molar-refractivity contribution is 5.89. The highest BCUT2D eigenvalue weighted by Crippen LogP contribution is 2.19. The van der Waals surface area contributed by atoms with E-state index in [4.69, 9.17) is 4.74 Å². The Morgan fingerprint density at radius 3 is 2.58 bits per heavy atom. The van der Waals surface area contributed by atoms with Gasteiger partial charge >= 0.3 is 5.97 Å². The molecule has 1 fully saturated rings. The Kier molecular flexibility index (Phi) is 5.40. The van der Waals surface area contributed by atoms with Crippen LogP contribution in [0.2, 0.25) is 0 Å². The molecule has 1 heterocycles. The van der Waals surface area contributed by atoms with Crippen LogP contribution in [0.5, 0.6) is 0 Å². The zero-order valence-electron chi connectivity index (χ0n) is 11.7. The predicted octanol–water partition coefficient (Wildman–Crippen LogP) is 2.80. The fraction of sp³-hybridized carbons (Fsp3) is 0.562. The number of esters is 1. The first-order chi connectivity index (χ1) is 9.29. The monoisotopic (exact) mass is 261 g/mol. The van der Waals surface area contributed by atoms with Crippen LogP contribution in [0.15, 0.2) is 24.3 Å². The molecule has 1 aromatic carbocycles. The molecule has 104 valence electrons. The van der Waals surface area contributed by atoms with E-state index < -0.39 is 0 Å². The van der Waals surface area contributed by atoms with Crippen molar-refractivity contribution in [2.24, 2.45) is 5.92 Å². The quantitative estimate of drug-likeness (QED) is 0.828. The van der Waals surface area contributed by atoms with Gasteiger partial charge in [-0.15, -0.1) is 0 Å². The van der Waals surface area contributed by atoms with E-state index in [1.54, 1.807) is 0 Å². The molecule has 19 heavy (non-hydrogen) atoms. The van der Waals surface area contributed by atoms with E-state index in [-0.39, 0.29) is 5.97 Å². The van der Waals surface area contributed by atoms with Gasteiger partial charge in [-0.05, 0) is 62.4 Å². The number of benzene rings is 1. The van der Waals surface area contributed by atoms with Crippen LogP contribution in [0.4, 0.5) is 0 Å². The second-order valence-corrected chi connectivity index (χ2v) is 5.27. The number of hydrogen-bond donors (Lipinski definition) is 1. The molecule has 1 aliphatic rings. The van der Waals surface area contributed by atoms with Gasteiger partial charge in [-0.3, -0.25) is 0 Å². The minimum atomic E-state index is -0.263. The van der Waals surface area contributed by atoms with Gasteiger partial charge in [0.05, 0.1) is 12.7 Å². The number of methoxy groups -OCH3 is 1. The van der Waals surface area contributed by atoms with E-state index in [1.807, 2.05) is 24.3 Å². The van der Waals surface area contributed by atoms with Gasteiger partial charge in [0.1, 0.15) is 0 Å². The third-order valence-corrected chi connectivity index (χ3v) is 3.91. The number of carbonyl (C=O) groups is 1. The first-order valence-corrected chi connectivity index (χ1v) is 7.17. The highest BCUT2D eigenvalue weighted by Gasteiger charge is 2.12. The van der Waals surface area contributed by atoms with Crippen molar-refractivity contribution >= 4 is 5.97 Å². The average Bonchev–Trinajstić information content (AvgIpc) is 2.48. The summed E-state index contributed by atoms with van der Waals surface area (Å²) in [5.74, 6) is 0.636. The molecule has 1 aromatic rings. The maximum Gasteiger partial charge on any atom is 0.337 e. The van der Waals surface area contributed by atoms with Crippen LogP contribution in [-0.4, -0.2) is 26.2 Å². The van der Waals surface area contributed by atoms with Crippen molar-refractivity contribution in [3.8, 4) is 0 Å². The smallest absolute Gasteiger partial charge is 0.337 e. The normalized spacial score (nSPS) is 16.3. The summed E-state index contributed by atoms with van der Waals surface area (Å²) >= 11 is 0. The Morgan fingerprint density at radius 1 is 1.26 bits per heavy atom. The summed E-state index contributed by atoms with van der Waals surface area (Å²) in [6, 6.07) is 7.78. The summed E-state index contributed by atoms with van der Waals surface area (Å²) in [7, 11) is 1.41. The molecule has 0 unspecified atom stereocenters. The number of hydrogen-bond acceptors (Lipinski definition) is 3. The second kappa shape index (κ2) is 7.29. The molecule has 0 saturated carbocycles. The van der Waals surface area contributed by atoms with E-state index in [0.29, 0.717) is 5.56 Å². The molecule has 0 radical (unpaired) electrons. The lowest BCUT2D eigenvalue weighted by Crippen LogP contribution is -2.27. The van der Waals surface area contributed by atoms with Gasteiger partial charge in [0, 0.05) is 0 Å². The summed E-state index contributed by atoms with van der Waals surface area (Å²) < 4.78 is 4.69. The maximum atomic E-state index is 11.3. The summed E-state index contributed by atoms with van der Waals surface area (Å²) in [5, 5.41) is 3.40. The third kappa shape index (κ3) is 4.35. The van der Waals surface area contributed by atoms with Crippen LogP contribution in [-0.2, 0) is 11.2 Å². The van der Waals surface area contributed by atoms with Gasteiger partial charge in [-0.1, -0.05) is 18.6 Å². The van der Waals surface area contributed by atoms with E-state index in [9.17, 15) is 4.79 Å². The largest absolute Gasteiger partial charge is 0.465 e. The third-order valence-electron chi connectivity index (χ3n) is 3.91. The Hall–Kier alpha value is -1.35. The van der Waals surface area contributed by atoms with Gasteiger partial charge in [0.25, 0.3) is 0 Å². The van der Waals surface area contributed by atoms with Crippen LogP contribution in [0.25, 0.3) is 0 Å². The first kappa shape index (κ1) is 14.1. The molecule has 3 nitrogen and oxygen atoms in total. The van der Waals surface area contributed by atoms with Crippen LogP contribution in [0.3, 0.4) is 0 Å². The molecule has 0 bridgehead atoms. The number of rotatable bonds is 5. The predicted molar refractivity (Wildman–Crippen MR) is 76.3 cm³/mol. The average molecular weight is 261 g/mol. The van der Waals surface area contributed by atoms with Crippen LogP contribution < -0.4 is 5.32 Å². The summed E-state index contributed by atoms with van der Waals surface area (Å²) in [6.45, 7) is 2.36. The second-order valence-electron chi connectivity index (χ2n) is 5.27. The van der Waals surface area contributed by atoms with Crippen LogP contribution in [0, 0.1) is 5.92 Å². The van der Waals surface area contributed by atoms with Crippen molar-refractivity contribution in [1.82, 2.24) is 5.32 Å². The van der Waals surface area contributed by atoms with Gasteiger partial charge < -0.3 is 10.1 Å².